The number of hydrogen-bond donors (Lipinski definition) is 10. The molecule has 143 heavy (non-hydrogen) atoms. The van der Waals surface area contributed by atoms with Gasteiger partial charge in [0.1, 0.15) is 34.6 Å². The van der Waals surface area contributed by atoms with E-state index >= 15 is 0 Å². The maximum atomic E-state index is 12.4. The summed E-state index contributed by atoms with van der Waals surface area (Å²) < 4.78 is 54.4. The number of aromatic amines is 6. The molecule has 32 heteroatoms. The highest BCUT2D eigenvalue weighted by Crippen LogP contribution is 2.47. The summed E-state index contributed by atoms with van der Waals surface area (Å²) in [6.45, 7) is 43.7. The summed E-state index contributed by atoms with van der Waals surface area (Å²) >= 11 is 0. The summed E-state index contributed by atoms with van der Waals surface area (Å²) in [7, 11) is -3.41. The molecule has 0 spiro atoms. The molecule has 15 heterocycles. The molecule has 0 amide bonds. The molecule has 5 aromatic carbocycles. The molecule has 4 saturated carbocycles. The smallest absolute Gasteiger partial charge is 0.237 e. The topological polar surface area (TPSA) is 435 Å². The number of hydrogen-bond acceptors (Lipinski definition) is 24. The number of nitrogens with two attached hydrogens (primary N) is 1. The fourth-order valence-electron chi connectivity index (χ4n) is 19.8. The zero-order chi connectivity index (χ0) is 94.3. The number of allylic oxidation sites excluding steroid dienone is 4. The minimum absolute atomic E-state index is 0. The maximum Gasteiger partial charge on any atom is 0.237 e. The van der Waals surface area contributed by atoms with Crippen LogP contribution in [-0.4, -0.2) is 149 Å². The molecule has 1 unspecified atom stereocenters. The van der Waals surface area contributed by atoms with Crippen LogP contribution in [0, 0.1) is 89.0 Å². The number of aryl methyl sites for hydroxylation is 12. The molecule has 0 radical (unpaired) electrons. The number of aromatic nitrogens is 16. The fraction of sp³-hybridized carbons (Fsp3) is 0.405. The zero-order valence-electron chi connectivity index (χ0n) is 79.9. The molecular weight excluding hydrogens is 1810 g/mol. The largest absolute Gasteiger partial charge is 0.369 e. The quantitative estimate of drug-likeness (QED) is 0.0359. The molecule has 31 nitrogen and oxygen atoms in total. The lowest BCUT2D eigenvalue weighted by molar-refractivity contribution is 0.393. The standard InChI is InChI=1S/C22H25N5O.C21H23N5O3S.C21H23N5O.C21H22N4O.C18H19N5O.8CH4/c1-11-9-23-12(2)19(11)17-7-16(20-13(3)27-28-14(20)4)8-18-21(17)26-22(25-18)24-10-15-5-6-15;1-10-9-22-11(2)18(10)16-7-14(19-12(3)25-29-13(19)4)8-17-20(16)24-21(23-17)26-30(27,28)15-5-6-15;1-10-9-22-11(2)18(10)16-7-14(19-12(3)26-27-13(19)4)8-17-20(16)25-21(24-17)23-15-5-6-15;1-10-9-22-11(2)18(10)16-7-15(19-12(3)25-26-13(19)4)8-17-20(16)24-21(23-17)14-5-6-14;1-8-7-20-9(2)15(8)13-5-12(16-10(3)23-24-11(16)4)6-14-17(13)22-18(19)21-14;;;;;;;;/h7-8,15H,5-6,9-10H2,1-4H3,(H2,24,25,26);7-9,15,22H,5-6H2,1-4H3,(H2,23,24,26);7-9,15,18H,5-6H2,1-4H3,(H2,23,24,25);7-8,14H,5-6,9H2,1-4H3,(H,23,24);5-6H,7H2,1-4H3,(H3,19,21,22);8*1H4. The number of imidazole rings is 5. The Hall–Kier alpha value is -14.4. The van der Waals surface area contributed by atoms with Gasteiger partial charge in [0.25, 0.3) is 0 Å². The molecule has 0 saturated heterocycles. The Balaban J connectivity index is 0.000000158. The molecule has 756 valence electrons. The van der Waals surface area contributed by atoms with Crippen molar-refractivity contribution in [2.75, 3.05) is 47.3 Å². The summed E-state index contributed by atoms with van der Waals surface area (Å²) in [5, 5.41) is 27.2. The highest BCUT2D eigenvalue weighted by molar-refractivity contribution is 7.93. The van der Waals surface area contributed by atoms with Gasteiger partial charge in [0.05, 0.1) is 109 Å². The molecule has 8 aliphatic rings. The molecule has 4 aliphatic carbocycles. The molecule has 4 aliphatic heterocycles. The van der Waals surface area contributed by atoms with Gasteiger partial charge in [0, 0.05) is 138 Å². The summed E-state index contributed by atoms with van der Waals surface area (Å²) in [5.41, 5.74) is 51.7. The van der Waals surface area contributed by atoms with Crippen molar-refractivity contribution < 1.29 is 31.0 Å². The second-order valence-electron chi connectivity index (χ2n) is 37.7. The third-order valence-electron chi connectivity index (χ3n) is 27.0. The van der Waals surface area contributed by atoms with Gasteiger partial charge in [-0.3, -0.25) is 24.7 Å². The minimum atomic E-state index is -3.41. The number of H-pyrrole nitrogens is 6. The van der Waals surface area contributed by atoms with Crippen molar-refractivity contribution in [3.05, 3.63) is 192 Å². The summed E-state index contributed by atoms with van der Waals surface area (Å²) in [5.74, 6) is 9.02. The summed E-state index contributed by atoms with van der Waals surface area (Å²) in [6, 6.07) is 21.9. The van der Waals surface area contributed by atoms with Crippen molar-refractivity contribution in [3.8, 4) is 66.8 Å². The molecule has 0 bridgehead atoms. The van der Waals surface area contributed by atoms with Crippen molar-refractivity contribution >= 4 is 129 Å². The van der Waals surface area contributed by atoms with Gasteiger partial charge in [-0.25, -0.2) is 33.3 Å². The third kappa shape index (κ3) is 20.7. The Bertz CT molecular complexity index is 7800. The van der Waals surface area contributed by atoms with Crippen LogP contribution in [0.15, 0.2) is 138 Å². The minimum Gasteiger partial charge on any atom is -0.369 e. The Morgan fingerprint density at radius 3 is 1.15 bits per heavy atom. The predicted octanol–water partition coefficient (Wildman–Crippen LogP) is 27.8. The SMILES string of the molecule is C.C.C.C.C.C.C.C.CC1=CN=C(C)C1c1cc(-c2c(C)noc2C)cc2[nH]c(NC3CC3)nc12.CC1=NCC(C)=C1c1cc(-c2c(C)noc2C)cc2[nH]c(C3CC3)nc12.CC1=NCC(C)=C1c1cc(-c2c(C)noc2C)cc2[nH]c(N)nc12.CC1=NCC(C)=C1c1cc(-c2c(C)noc2C)cc2[nH]c(NCC3CC3)nc12.Cc1c[nH]c(C)c1-c1cc(-c2c(C)noc2C)cc2[nH]c(NS(=O)(=O)C3CC3)nc12. The number of nitrogens with zero attached hydrogens (tertiary/aromatic N) is 14. The van der Waals surface area contributed by atoms with E-state index in [1.165, 1.54) is 77.5 Å². The van der Waals surface area contributed by atoms with E-state index in [4.69, 9.17) is 43.3 Å². The third-order valence-corrected chi connectivity index (χ3v) is 28.8. The van der Waals surface area contributed by atoms with Crippen molar-refractivity contribution in [2.24, 2.45) is 25.9 Å². The first kappa shape index (κ1) is 107. The van der Waals surface area contributed by atoms with Crippen LogP contribution in [0.3, 0.4) is 0 Å². The number of nitrogens with one attached hydrogen (secondary N) is 9. The Kier molecular flexibility index (Phi) is 31.6. The Morgan fingerprint density at radius 2 is 0.776 bits per heavy atom. The van der Waals surface area contributed by atoms with Crippen LogP contribution in [-0.2, 0) is 10.0 Å². The Morgan fingerprint density at radius 1 is 0.399 bits per heavy atom. The first-order valence-corrected chi connectivity index (χ1v) is 47.9. The van der Waals surface area contributed by atoms with Crippen LogP contribution in [0.2, 0.25) is 0 Å². The lowest BCUT2D eigenvalue weighted by Gasteiger charge is -2.15. The van der Waals surface area contributed by atoms with Crippen LogP contribution in [0.4, 0.5) is 23.8 Å². The van der Waals surface area contributed by atoms with Crippen molar-refractivity contribution in [2.45, 2.75) is 272 Å². The van der Waals surface area contributed by atoms with Crippen LogP contribution < -0.4 is 21.1 Å². The van der Waals surface area contributed by atoms with Gasteiger partial charge >= 0.3 is 0 Å². The van der Waals surface area contributed by atoms with E-state index in [-0.39, 0.29) is 76.5 Å². The number of rotatable bonds is 19. The van der Waals surface area contributed by atoms with E-state index in [2.05, 4.69) is 198 Å². The molecule has 16 aromatic rings. The van der Waals surface area contributed by atoms with Crippen LogP contribution in [0.5, 0.6) is 0 Å². The number of aliphatic imine (C=N–C) groups is 4. The lowest BCUT2D eigenvalue weighted by Crippen LogP contribution is -2.18. The summed E-state index contributed by atoms with van der Waals surface area (Å²) in [6.07, 6.45) is 12.8. The van der Waals surface area contributed by atoms with E-state index in [9.17, 15) is 8.42 Å². The predicted molar refractivity (Wildman–Crippen MR) is 590 cm³/mol. The van der Waals surface area contributed by atoms with E-state index in [1.807, 2.05) is 115 Å². The van der Waals surface area contributed by atoms with E-state index < -0.39 is 10.0 Å². The van der Waals surface area contributed by atoms with Crippen molar-refractivity contribution in [1.82, 2.24) is 80.6 Å². The second-order valence-corrected chi connectivity index (χ2v) is 39.7. The molecular formula is C111H144N24O7S. The number of fused-ring (bicyclic) bond motifs is 5. The summed E-state index contributed by atoms with van der Waals surface area (Å²) in [4.78, 5) is 62.3. The van der Waals surface area contributed by atoms with Gasteiger partial charge < -0.3 is 68.9 Å². The van der Waals surface area contributed by atoms with Crippen molar-refractivity contribution in [3.63, 3.8) is 0 Å². The van der Waals surface area contributed by atoms with Crippen LogP contribution in [0.25, 0.3) is 139 Å². The first-order chi connectivity index (χ1) is 64.7. The van der Waals surface area contributed by atoms with Gasteiger partial charge in [0.15, 0.2) is 5.95 Å². The molecule has 11 aromatic heterocycles. The lowest BCUT2D eigenvalue weighted by atomic mass is 9.87. The van der Waals surface area contributed by atoms with Crippen LogP contribution in [0.1, 0.15) is 275 Å². The van der Waals surface area contributed by atoms with Crippen molar-refractivity contribution in [1.29, 1.82) is 0 Å². The van der Waals surface area contributed by atoms with Gasteiger partial charge in [0.2, 0.25) is 27.9 Å². The van der Waals surface area contributed by atoms with Crippen LogP contribution >= 0.6 is 0 Å². The highest BCUT2D eigenvalue weighted by atomic mass is 32.2. The maximum absolute atomic E-state index is 12.4. The normalized spacial score (nSPS) is 15.7. The first-order valence-electron chi connectivity index (χ1n) is 46.4. The Labute approximate surface area is 839 Å². The average Bonchev–Trinajstić information content (AvgIpc) is 1.61. The van der Waals surface area contributed by atoms with E-state index in [1.54, 1.807) is 0 Å². The van der Waals surface area contributed by atoms with Gasteiger partial charge in [-0.1, -0.05) is 85.2 Å². The second kappa shape index (κ2) is 42.0. The van der Waals surface area contributed by atoms with Gasteiger partial charge in [-0.15, -0.1) is 0 Å². The molecule has 1 atom stereocenters. The molecule has 24 rings (SSSR count). The van der Waals surface area contributed by atoms with Gasteiger partial charge in [-0.05, 0) is 318 Å². The van der Waals surface area contributed by atoms with Gasteiger partial charge in [-0.2, -0.15) is 0 Å². The fourth-order valence-corrected chi connectivity index (χ4v) is 21.1. The number of anilines is 4. The monoisotopic (exact) mass is 1960 g/mol. The number of benzene rings is 5. The zero-order valence-corrected chi connectivity index (χ0v) is 80.7. The average molecular weight is 1960 g/mol. The molecule has 11 N–H and O–H groups in total. The highest BCUT2D eigenvalue weighted by Gasteiger charge is 2.38. The van der Waals surface area contributed by atoms with E-state index in [0.29, 0.717) is 36.3 Å². The number of nitrogen functional groups attached to an aromatic ring is 1. The number of sulfonamides is 1. The molecule has 4 fully saturated rings. The van der Waals surface area contributed by atoms with E-state index in [0.717, 1.165) is 280 Å².